The summed E-state index contributed by atoms with van der Waals surface area (Å²) in [6, 6.07) is 0.604. The van der Waals surface area contributed by atoms with Crippen molar-refractivity contribution in [2.45, 2.75) is 18.8 Å². The maximum absolute atomic E-state index is 12.6. The highest BCUT2D eigenvalue weighted by Gasteiger charge is 2.37. The van der Waals surface area contributed by atoms with Gasteiger partial charge in [-0.2, -0.15) is 26.3 Å². The molecule has 23 heavy (non-hydrogen) atoms. The highest BCUT2D eigenvalue weighted by atomic mass is 32.2. The highest BCUT2D eigenvalue weighted by Crippen LogP contribution is 2.37. The van der Waals surface area contributed by atoms with Gasteiger partial charge in [0.1, 0.15) is 9.84 Å². The number of carbonyl (C=O) groups is 1. The molecule has 0 heterocycles. The van der Waals surface area contributed by atoms with Gasteiger partial charge in [-0.25, -0.2) is 8.42 Å². The molecule has 0 aromatic heterocycles. The Hall–Kier alpha value is -1.78. The summed E-state index contributed by atoms with van der Waals surface area (Å²) in [6.07, 6.45) is -9.82. The molecule has 1 amide bonds. The van der Waals surface area contributed by atoms with Crippen molar-refractivity contribution < 1.29 is 39.6 Å². The van der Waals surface area contributed by atoms with Crippen molar-refractivity contribution in [1.29, 1.82) is 0 Å². The van der Waals surface area contributed by atoms with Crippen LogP contribution in [0.5, 0.6) is 0 Å². The molecule has 130 valence electrons. The fraction of sp³-hybridized carbons (Fsp3) is 0.417. The van der Waals surface area contributed by atoms with Crippen LogP contribution < -0.4 is 5.32 Å². The summed E-state index contributed by atoms with van der Waals surface area (Å²) in [7, 11) is -3.50. The Bertz CT molecular complexity index is 661. The molecule has 1 aromatic rings. The lowest BCUT2D eigenvalue weighted by Gasteiger charge is -2.14. The molecule has 0 bridgehead atoms. The molecule has 4 nitrogen and oxygen atoms in total. The maximum Gasteiger partial charge on any atom is 0.416 e. The Morgan fingerprint density at radius 3 is 1.78 bits per heavy atom. The number of amides is 1. The lowest BCUT2D eigenvalue weighted by atomic mass is 10.1. The molecule has 0 aliphatic heterocycles. The number of rotatable bonds is 4. The van der Waals surface area contributed by atoms with Gasteiger partial charge in [0.25, 0.3) is 0 Å². The van der Waals surface area contributed by atoms with E-state index < -0.39 is 57.1 Å². The van der Waals surface area contributed by atoms with E-state index in [0.717, 1.165) is 6.26 Å². The van der Waals surface area contributed by atoms with Gasteiger partial charge in [-0.05, 0) is 18.2 Å². The summed E-state index contributed by atoms with van der Waals surface area (Å²) in [5.74, 6) is -1.59. The van der Waals surface area contributed by atoms with Gasteiger partial charge in [0.05, 0.1) is 16.9 Å². The van der Waals surface area contributed by atoms with E-state index in [0.29, 0.717) is 12.1 Å². The molecular weight excluding hydrogens is 352 g/mol. The van der Waals surface area contributed by atoms with Gasteiger partial charge < -0.3 is 5.32 Å². The van der Waals surface area contributed by atoms with Crippen LogP contribution in [0.3, 0.4) is 0 Å². The highest BCUT2D eigenvalue weighted by molar-refractivity contribution is 7.90. The molecule has 0 aliphatic rings. The number of carbonyl (C=O) groups excluding carboxylic acids is 1. The molecule has 0 saturated heterocycles. The normalized spacial score (nSPS) is 13.0. The topological polar surface area (TPSA) is 63.2 Å². The average molecular weight is 363 g/mol. The summed E-state index contributed by atoms with van der Waals surface area (Å²) in [5.41, 5.74) is -3.87. The Kier molecular flexibility index (Phi) is 5.34. The molecule has 0 fully saturated rings. The van der Waals surface area contributed by atoms with Crippen molar-refractivity contribution in [1.82, 2.24) is 0 Å². The van der Waals surface area contributed by atoms with Crippen molar-refractivity contribution in [2.75, 3.05) is 17.3 Å². The molecule has 1 rings (SSSR count). The van der Waals surface area contributed by atoms with Gasteiger partial charge >= 0.3 is 12.4 Å². The zero-order valence-corrected chi connectivity index (χ0v) is 12.4. The van der Waals surface area contributed by atoms with E-state index in [1.54, 1.807) is 0 Å². The van der Waals surface area contributed by atoms with Crippen LogP contribution in [-0.4, -0.2) is 26.3 Å². The Labute approximate surface area is 127 Å². The van der Waals surface area contributed by atoms with Crippen LogP contribution in [-0.2, 0) is 27.0 Å². The predicted octanol–water partition coefficient (Wildman–Crippen LogP) is 3.10. The second-order valence-corrected chi connectivity index (χ2v) is 6.98. The fourth-order valence-corrected chi connectivity index (χ4v) is 2.08. The Balaban J connectivity index is 3.09. The first-order chi connectivity index (χ1) is 10.2. The first-order valence-electron chi connectivity index (χ1n) is 5.95. The lowest BCUT2D eigenvalue weighted by Crippen LogP contribution is -2.18. The van der Waals surface area contributed by atoms with Gasteiger partial charge in [-0.1, -0.05) is 0 Å². The molecular formula is C12H11F6NO3S. The summed E-state index contributed by atoms with van der Waals surface area (Å²) in [5, 5.41) is 1.84. The first-order valence-corrected chi connectivity index (χ1v) is 8.01. The molecule has 0 spiro atoms. The third kappa shape index (κ3) is 6.47. The van der Waals surface area contributed by atoms with Gasteiger partial charge in [-0.15, -0.1) is 0 Å². The quantitative estimate of drug-likeness (QED) is 0.837. The van der Waals surface area contributed by atoms with Crippen LogP contribution in [0.2, 0.25) is 0 Å². The van der Waals surface area contributed by atoms with E-state index in [9.17, 15) is 39.6 Å². The largest absolute Gasteiger partial charge is 0.416 e. The van der Waals surface area contributed by atoms with Crippen molar-refractivity contribution in [3.05, 3.63) is 29.3 Å². The maximum atomic E-state index is 12.6. The van der Waals surface area contributed by atoms with Gasteiger partial charge in [0.2, 0.25) is 5.91 Å². The van der Waals surface area contributed by atoms with Gasteiger partial charge in [0.15, 0.2) is 0 Å². The molecule has 11 heteroatoms. The molecule has 0 unspecified atom stereocenters. The number of alkyl halides is 6. The molecule has 0 radical (unpaired) electrons. The van der Waals surface area contributed by atoms with E-state index >= 15 is 0 Å². The van der Waals surface area contributed by atoms with Crippen LogP contribution in [0, 0.1) is 0 Å². The monoisotopic (exact) mass is 363 g/mol. The van der Waals surface area contributed by atoms with Gasteiger partial charge in [-0.3, -0.25) is 4.79 Å². The van der Waals surface area contributed by atoms with Crippen molar-refractivity contribution in [3.8, 4) is 0 Å². The van der Waals surface area contributed by atoms with E-state index in [4.69, 9.17) is 0 Å². The summed E-state index contributed by atoms with van der Waals surface area (Å²) in [6.45, 7) is 0. The molecule has 0 atom stereocenters. The molecule has 1 N–H and O–H groups in total. The van der Waals surface area contributed by atoms with E-state index in [1.807, 2.05) is 5.32 Å². The fourth-order valence-electron chi connectivity index (χ4n) is 1.53. The van der Waals surface area contributed by atoms with Crippen LogP contribution in [0.15, 0.2) is 18.2 Å². The minimum Gasteiger partial charge on any atom is -0.326 e. The zero-order valence-electron chi connectivity index (χ0n) is 11.5. The van der Waals surface area contributed by atoms with E-state index in [2.05, 4.69) is 0 Å². The minimum atomic E-state index is -5.03. The number of sulfone groups is 1. The minimum absolute atomic E-state index is 0.0772. The van der Waals surface area contributed by atoms with Crippen LogP contribution in [0.25, 0.3) is 0 Å². The predicted molar refractivity (Wildman–Crippen MR) is 69.4 cm³/mol. The number of halogens is 6. The average Bonchev–Trinajstić information content (AvgIpc) is 2.33. The van der Waals surface area contributed by atoms with Crippen molar-refractivity contribution >= 4 is 21.4 Å². The van der Waals surface area contributed by atoms with Crippen LogP contribution >= 0.6 is 0 Å². The summed E-state index contributed by atoms with van der Waals surface area (Å²) in [4.78, 5) is 11.4. The summed E-state index contributed by atoms with van der Waals surface area (Å²) >= 11 is 0. The summed E-state index contributed by atoms with van der Waals surface area (Å²) < 4.78 is 97.5. The zero-order chi connectivity index (χ0) is 18.1. The lowest BCUT2D eigenvalue weighted by molar-refractivity contribution is -0.143. The standard InChI is InChI=1S/C12H11F6NO3S/c1-23(21,22)3-2-10(20)19-9-5-7(11(13,14)15)4-8(6-9)12(16,17)18/h4-6H,2-3H2,1H3,(H,19,20). The van der Waals surface area contributed by atoms with Crippen molar-refractivity contribution in [2.24, 2.45) is 0 Å². The first kappa shape index (κ1) is 19.3. The van der Waals surface area contributed by atoms with Crippen molar-refractivity contribution in [3.63, 3.8) is 0 Å². The number of hydrogen-bond donors (Lipinski definition) is 1. The number of hydrogen-bond acceptors (Lipinski definition) is 3. The molecule has 1 aromatic carbocycles. The second kappa shape index (κ2) is 6.38. The smallest absolute Gasteiger partial charge is 0.326 e. The molecule has 0 saturated carbocycles. The Morgan fingerprint density at radius 1 is 1.00 bits per heavy atom. The molecule has 0 aliphatic carbocycles. The third-order valence-corrected chi connectivity index (χ3v) is 3.52. The van der Waals surface area contributed by atoms with Crippen LogP contribution in [0.4, 0.5) is 32.0 Å². The number of nitrogens with one attached hydrogen (secondary N) is 1. The SMILES string of the molecule is CS(=O)(=O)CCC(=O)Nc1cc(C(F)(F)F)cc(C(F)(F)F)c1. The number of benzene rings is 1. The third-order valence-electron chi connectivity index (χ3n) is 2.57. The number of anilines is 1. The van der Waals surface area contributed by atoms with Gasteiger partial charge in [0, 0.05) is 18.4 Å². The van der Waals surface area contributed by atoms with E-state index in [1.165, 1.54) is 0 Å². The van der Waals surface area contributed by atoms with Crippen LogP contribution in [0.1, 0.15) is 17.5 Å². The Morgan fingerprint density at radius 2 is 1.43 bits per heavy atom. The van der Waals surface area contributed by atoms with E-state index in [-0.39, 0.29) is 6.07 Å². The second-order valence-electron chi connectivity index (χ2n) is 4.72.